The first-order chi connectivity index (χ1) is 9.97. The number of ether oxygens (including phenoxy) is 2. The monoisotopic (exact) mass is 309 g/mol. The van der Waals surface area contributed by atoms with Crippen LogP contribution in [-0.2, 0) is 0 Å². The number of hydrogen-bond donors (Lipinski definition) is 1. The van der Waals surface area contributed by atoms with Crippen molar-refractivity contribution in [2.75, 3.05) is 20.0 Å². The summed E-state index contributed by atoms with van der Waals surface area (Å²) in [5.74, 6) is -0.852. The lowest BCUT2D eigenvalue weighted by atomic mass is 10.0. The Morgan fingerprint density at radius 3 is 2.33 bits per heavy atom. The number of nitrogen functional groups attached to an aromatic ring is 1. The molecule has 0 atom stereocenters. The van der Waals surface area contributed by atoms with Gasteiger partial charge in [-0.25, -0.2) is 4.39 Å². The van der Waals surface area contributed by atoms with Crippen LogP contribution in [0.3, 0.4) is 0 Å². The van der Waals surface area contributed by atoms with Crippen molar-refractivity contribution in [2.24, 2.45) is 0 Å². The van der Waals surface area contributed by atoms with Crippen LogP contribution in [0, 0.1) is 5.82 Å². The molecule has 2 aromatic rings. The SMILES string of the molecule is COc1cc(F)c(C(=O)c2cc(N)ccc2Cl)cc1OC. The fourth-order valence-corrected chi connectivity index (χ4v) is 2.09. The quantitative estimate of drug-likeness (QED) is 0.695. The lowest BCUT2D eigenvalue weighted by molar-refractivity contribution is 0.103. The minimum Gasteiger partial charge on any atom is -0.493 e. The van der Waals surface area contributed by atoms with Gasteiger partial charge < -0.3 is 15.2 Å². The highest BCUT2D eigenvalue weighted by atomic mass is 35.5. The van der Waals surface area contributed by atoms with Crippen LogP contribution in [0.5, 0.6) is 11.5 Å². The van der Waals surface area contributed by atoms with Gasteiger partial charge in [-0.1, -0.05) is 11.6 Å². The number of ketones is 1. The summed E-state index contributed by atoms with van der Waals surface area (Å²) in [6.07, 6.45) is 0. The molecule has 2 aromatic carbocycles. The van der Waals surface area contributed by atoms with Gasteiger partial charge in [-0.2, -0.15) is 0 Å². The minimum absolute atomic E-state index is 0.128. The number of benzene rings is 2. The van der Waals surface area contributed by atoms with E-state index in [9.17, 15) is 9.18 Å². The number of rotatable bonds is 4. The molecule has 0 aliphatic heterocycles. The molecule has 0 unspecified atom stereocenters. The van der Waals surface area contributed by atoms with Crippen LogP contribution in [0.1, 0.15) is 15.9 Å². The van der Waals surface area contributed by atoms with Gasteiger partial charge in [0, 0.05) is 17.3 Å². The predicted octanol–water partition coefficient (Wildman–Crippen LogP) is 3.31. The summed E-state index contributed by atoms with van der Waals surface area (Å²) >= 11 is 5.97. The zero-order valence-corrected chi connectivity index (χ0v) is 12.2. The standard InChI is InChI=1S/C15H13ClFNO3/c1-20-13-6-10(12(17)7-14(13)21-2)15(19)9-5-8(18)3-4-11(9)16/h3-7H,18H2,1-2H3. The van der Waals surface area contributed by atoms with Gasteiger partial charge in [0.1, 0.15) is 5.82 Å². The van der Waals surface area contributed by atoms with Crippen molar-refractivity contribution in [2.45, 2.75) is 0 Å². The van der Waals surface area contributed by atoms with Gasteiger partial charge >= 0.3 is 0 Å². The molecule has 0 aromatic heterocycles. The van der Waals surface area contributed by atoms with Crippen LogP contribution < -0.4 is 15.2 Å². The molecule has 21 heavy (non-hydrogen) atoms. The van der Waals surface area contributed by atoms with Crippen molar-refractivity contribution in [3.8, 4) is 11.5 Å². The van der Waals surface area contributed by atoms with Crippen molar-refractivity contribution in [1.82, 2.24) is 0 Å². The normalized spacial score (nSPS) is 10.3. The first-order valence-electron chi connectivity index (χ1n) is 5.99. The molecule has 6 heteroatoms. The predicted molar refractivity (Wildman–Crippen MR) is 78.8 cm³/mol. The van der Waals surface area contributed by atoms with E-state index in [2.05, 4.69) is 0 Å². The number of hydrogen-bond acceptors (Lipinski definition) is 4. The molecule has 0 aliphatic carbocycles. The average Bonchev–Trinajstić information content (AvgIpc) is 2.48. The van der Waals surface area contributed by atoms with Gasteiger partial charge in [0.15, 0.2) is 17.3 Å². The van der Waals surface area contributed by atoms with E-state index in [1.807, 2.05) is 0 Å². The molecule has 4 nitrogen and oxygen atoms in total. The highest BCUT2D eigenvalue weighted by Gasteiger charge is 2.20. The van der Waals surface area contributed by atoms with E-state index in [1.165, 1.54) is 32.4 Å². The lowest BCUT2D eigenvalue weighted by Gasteiger charge is -2.11. The zero-order valence-electron chi connectivity index (χ0n) is 11.4. The number of carbonyl (C=O) groups excluding carboxylic acids is 1. The number of carbonyl (C=O) groups is 1. The molecule has 0 spiro atoms. The molecule has 0 aliphatic rings. The van der Waals surface area contributed by atoms with Crippen LogP contribution in [-0.4, -0.2) is 20.0 Å². The Kier molecular flexibility index (Phi) is 4.33. The van der Waals surface area contributed by atoms with Gasteiger partial charge in [0.2, 0.25) is 0 Å². The molecule has 0 fully saturated rings. The number of nitrogens with two attached hydrogens (primary N) is 1. The average molecular weight is 310 g/mol. The largest absolute Gasteiger partial charge is 0.493 e. The molecule has 0 bridgehead atoms. The van der Waals surface area contributed by atoms with Gasteiger partial charge in [-0.05, 0) is 24.3 Å². The smallest absolute Gasteiger partial charge is 0.197 e. The summed E-state index contributed by atoms with van der Waals surface area (Å²) in [6.45, 7) is 0. The molecule has 110 valence electrons. The molecule has 0 amide bonds. The third-order valence-corrected chi connectivity index (χ3v) is 3.28. The fourth-order valence-electron chi connectivity index (χ4n) is 1.89. The second-order valence-corrected chi connectivity index (χ2v) is 4.66. The van der Waals surface area contributed by atoms with E-state index in [4.69, 9.17) is 26.8 Å². The lowest BCUT2D eigenvalue weighted by Crippen LogP contribution is -2.07. The van der Waals surface area contributed by atoms with Gasteiger partial charge in [0.05, 0.1) is 24.8 Å². The Morgan fingerprint density at radius 1 is 1.10 bits per heavy atom. The summed E-state index contributed by atoms with van der Waals surface area (Å²) in [4.78, 5) is 12.4. The summed E-state index contributed by atoms with van der Waals surface area (Å²) in [5, 5.41) is 0.198. The molecular formula is C15H13ClFNO3. The van der Waals surface area contributed by atoms with E-state index in [0.717, 1.165) is 6.07 Å². The maximum atomic E-state index is 14.1. The van der Waals surface area contributed by atoms with Crippen molar-refractivity contribution >= 4 is 23.1 Å². The van der Waals surface area contributed by atoms with Crippen molar-refractivity contribution < 1.29 is 18.7 Å². The maximum absolute atomic E-state index is 14.1. The highest BCUT2D eigenvalue weighted by molar-refractivity contribution is 6.35. The van der Waals surface area contributed by atoms with Crippen LogP contribution >= 0.6 is 11.6 Å². The van der Waals surface area contributed by atoms with Crippen LogP contribution in [0.25, 0.3) is 0 Å². The van der Waals surface area contributed by atoms with Gasteiger partial charge in [-0.3, -0.25) is 4.79 Å². The molecule has 2 N–H and O–H groups in total. The minimum atomic E-state index is -0.726. The molecule has 0 saturated carbocycles. The fraction of sp³-hybridized carbons (Fsp3) is 0.133. The van der Waals surface area contributed by atoms with E-state index in [1.54, 1.807) is 6.07 Å². The highest BCUT2D eigenvalue weighted by Crippen LogP contribution is 2.32. The third-order valence-electron chi connectivity index (χ3n) is 2.95. The van der Waals surface area contributed by atoms with Gasteiger partial charge in [0.25, 0.3) is 0 Å². The Hall–Kier alpha value is -2.27. The third kappa shape index (κ3) is 2.92. The Bertz CT molecular complexity index is 704. The van der Waals surface area contributed by atoms with Crippen LogP contribution in [0.2, 0.25) is 5.02 Å². The van der Waals surface area contributed by atoms with Crippen molar-refractivity contribution in [3.63, 3.8) is 0 Å². The van der Waals surface area contributed by atoms with E-state index in [-0.39, 0.29) is 27.6 Å². The maximum Gasteiger partial charge on any atom is 0.197 e. The molecular weight excluding hydrogens is 297 g/mol. The molecule has 2 rings (SSSR count). The number of methoxy groups -OCH3 is 2. The van der Waals surface area contributed by atoms with Crippen molar-refractivity contribution in [1.29, 1.82) is 0 Å². The zero-order chi connectivity index (χ0) is 15.6. The van der Waals surface area contributed by atoms with E-state index < -0.39 is 11.6 Å². The molecule has 0 radical (unpaired) electrons. The summed E-state index contributed by atoms with van der Waals surface area (Å²) in [7, 11) is 2.78. The Balaban J connectivity index is 2.55. The molecule has 0 heterocycles. The van der Waals surface area contributed by atoms with E-state index >= 15 is 0 Å². The summed E-state index contributed by atoms with van der Waals surface area (Å²) in [6, 6.07) is 6.82. The van der Waals surface area contributed by atoms with Crippen LogP contribution in [0.15, 0.2) is 30.3 Å². The number of halogens is 2. The van der Waals surface area contributed by atoms with Crippen LogP contribution in [0.4, 0.5) is 10.1 Å². The second kappa shape index (κ2) is 6.01. The number of anilines is 1. The molecule has 0 saturated heterocycles. The topological polar surface area (TPSA) is 61.5 Å². The Morgan fingerprint density at radius 2 is 1.71 bits per heavy atom. The first kappa shape index (κ1) is 15.1. The second-order valence-electron chi connectivity index (χ2n) is 4.26. The summed E-state index contributed by atoms with van der Waals surface area (Å²) in [5.41, 5.74) is 5.96. The van der Waals surface area contributed by atoms with Gasteiger partial charge in [-0.15, -0.1) is 0 Å². The summed E-state index contributed by atoms with van der Waals surface area (Å²) < 4.78 is 24.1. The van der Waals surface area contributed by atoms with Crippen molar-refractivity contribution in [3.05, 3.63) is 52.3 Å². The first-order valence-corrected chi connectivity index (χ1v) is 6.37. The van der Waals surface area contributed by atoms with E-state index in [0.29, 0.717) is 5.69 Å². The Labute approximate surface area is 126 Å².